The van der Waals surface area contributed by atoms with Crippen LogP contribution in [0.5, 0.6) is 0 Å². The molecule has 4 nitrogen and oxygen atoms in total. The number of methoxy groups -OCH3 is 1. The number of hydrogen-bond acceptors (Lipinski definition) is 4. The van der Waals surface area contributed by atoms with Crippen LogP contribution >= 0.6 is 0 Å². The standard InChI is InChI=1S/C10H14O4/c1-7-8(14-12)5-4-6-10(7,2)9(11)13-3/h4,6,8,12H,1,5H2,2-3H3/t8-,10-/m1/s1. The highest BCUT2D eigenvalue weighted by Gasteiger charge is 2.40. The van der Waals surface area contributed by atoms with Gasteiger partial charge in [0, 0.05) is 0 Å². The molecule has 0 saturated heterocycles. The quantitative estimate of drug-likeness (QED) is 0.316. The van der Waals surface area contributed by atoms with E-state index in [1.165, 1.54) is 7.11 Å². The van der Waals surface area contributed by atoms with Crippen molar-refractivity contribution in [3.8, 4) is 0 Å². The summed E-state index contributed by atoms with van der Waals surface area (Å²) in [5.41, 5.74) is -0.394. The SMILES string of the molecule is C=C1[C@H](OO)CC=C[C@@]1(C)C(=O)OC. The molecule has 0 fully saturated rings. The van der Waals surface area contributed by atoms with Crippen LogP contribution in [0.4, 0.5) is 0 Å². The Morgan fingerprint density at radius 3 is 2.93 bits per heavy atom. The van der Waals surface area contributed by atoms with E-state index in [4.69, 9.17) is 5.26 Å². The minimum atomic E-state index is -0.902. The summed E-state index contributed by atoms with van der Waals surface area (Å²) in [4.78, 5) is 15.7. The monoisotopic (exact) mass is 198 g/mol. The van der Waals surface area contributed by atoms with Gasteiger partial charge in [0.05, 0.1) is 7.11 Å². The van der Waals surface area contributed by atoms with Crippen LogP contribution in [0.2, 0.25) is 0 Å². The molecule has 0 heterocycles. The number of hydrogen-bond donors (Lipinski definition) is 1. The molecule has 0 saturated carbocycles. The Balaban J connectivity index is 2.98. The molecule has 4 heteroatoms. The van der Waals surface area contributed by atoms with Gasteiger partial charge in [-0.2, -0.15) is 0 Å². The molecule has 0 unspecified atom stereocenters. The highest BCUT2D eigenvalue weighted by Crippen LogP contribution is 2.37. The number of rotatable bonds is 2. The molecule has 0 aromatic rings. The zero-order valence-corrected chi connectivity index (χ0v) is 8.32. The lowest BCUT2D eigenvalue weighted by molar-refractivity contribution is -0.270. The third-order valence-corrected chi connectivity index (χ3v) is 2.59. The molecule has 0 bridgehead atoms. The maximum Gasteiger partial charge on any atom is 0.319 e. The summed E-state index contributed by atoms with van der Waals surface area (Å²) in [7, 11) is 1.32. The highest BCUT2D eigenvalue weighted by atomic mass is 17.1. The molecule has 1 aliphatic carbocycles. The first-order chi connectivity index (χ1) is 6.56. The summed E-state index contributed by atoms with van der Waals surface area (Å²) in [6, 6.07) is 0. The maximum atomic E-state index is 11.5. The lowest BCUT2D eigenvalue weighted by Gasteiger charge is -2.32. The van der Waals surface area contributed by atoms with E-state index in [9.17, 15) is 4.79 Å². The predicted octanol–water partition coefficient (Wildman–Crippen LogP) is 1.54. The van der Waals surface area contributed by atoms with Gasteiger partial charge < -0.3 is 4.74 Å². The van der Waals surface area contributed by atoms with Crippen molar-refractivity contribution in [1.29, 1.82) is 0 Å². The molecule has 0 aliphatic heterocycles. The van der Waals surface area contributed by atoms with Crippen LogP contribution in [0.1, 0.15) is 13.3 Å². The fourth-order valence-corrected chi connectivity index (χ4v) is 1.53. The molecular weight excluding hydrogens is 184 g/mol. The molecule has 2 atom stereocenters. The van der Waals surface area contributed by atoms with Gasteiger partial charge in [-0.05, 0) is 18.9 Å². The Kier molecular flexibility index (Phi) is 3.08. The molecule has 0 spiro atoms. The maximum absolute atomic E-state index is 11.5. The summed E-state index contributed by atoms with van der Waals surface area (Å²) in [5, 5.41) is 8.60. The fraction of sp³-hybridized carbons (Fsp3) is 0.500. The van der Waals surface area contributed by atoms with Crippen molar-refractivity contribution in [2.24, 2.45) is 5.41 Å². The molecule has 0 radical (unpaired) electrons. The van der Waals surface area contributed by atoms with Gasteiger partial charge in [-0.1, -0.05) is 18.7 Å². The molecule has 1 N–H and O–H groups in total. The summed E-state index contributed by atoms with van der Waals surface area (Å²) >= 11 is 0. The first-order valence-corrected chi connectivity index (χ1v) is 4.32. The molecule has 0 amide bonds. The van der Waals surface area contributed by atoms with Crippen molar-refractivity contribution in [1.82, 2.24) is 0 Å². The third-order valence-electron chi connectivity index (χ3n) is 2.59. The van der Waals surface area contributed by atoms with E-state index in [-0.39, 0.29) is 0 Å². The first kappa shape index (κ1) is 10.9. The van der Waals surface area contributed by atoms with Crippen LogP contribution in [0.25, 0.3) is 0 Å². The van der Waals surface area contributed by atoms with Crippen LogP contribution in [0.15, 0.2) is 24.3 Å². The van der Waals surface area contributed by atoms with Crippen LogP contribution in [0, 0.1) is 5.41 Å². The Morgan fingerprint density at radius 1 is 1.79 bits per heavy atom. The van der Waals surface area contributed by atoms with Crippen molar-refractivity contribution in [3.63, 3.8) is 0 Å². The summed E-state index contributed by atoms with van der Waals surface area (Å²) in [5.74, 6) is -0.402. The second-order valence-corrected chi connectivity index (χ2v) is 3.45. The second-order valence-electron chi connectivity index (χ2n) is 3.45. The molecule has 1 rings (SSSR count). The minimum absolute atomic E-state index is 0.402. The number of ether oxygens (including phenoxy) is 1. The molecule has 14 heavy (non-hydrogen) atoms. The molecule has 78 valence electrons. The lowest BCUT2D eigenvalue weighted by Crippen LogP contribution is -2.36. The fourth-order valence-electron chi connectivity index (χ4n) is 1.53. The van der Waals surface area contributed by atoms with Crippen molar-refractivity contribution in [2.75, 3.05) is 7.11 Å². The Labute approximate surface area is 82.8 Å². The van der Waals surface area contributed by atoms with Gasteiger partial charge in [0.25, 0.3) is 0 Å². The van der Waals surface area contributed by atoms with Gasteiger partial charge >= 0.3 is 5.97 Å². The van der Waals surface area contributed by atoms with Crippen LogP contribution in [-0.4, -0.2) is 24.4 Å². The van der Waals surface area contributed by atoms with Gasteiger partial charge in [-0.25, -0.2) is 4.89 Å². The molecule has 1 aliphatic rings. The molecule has 0 aromatic heterocycles. The van der Waals surface area contributed by atoms with Crippen LogP contribution in [-0.2, 0) is 14.4 Å². The van der Waals surface area contributed by atoms with E-state index in [2.05, 4.69) is 16.2 Å². The van der Waals surface area contributed by atoms with Gasteiger partial charge in [-0.3, -0.25) is 10.1 Å². The zero-order chi connectivity index (χ0) is 10.8. The Hall–Kier alpha value is -1.13. The van der Waals surface area contributed by atoms with Gasteiger partial charge in [0.15, 0.2) is 0 Å². The van der Waals surface area contributed by atoms with Gasteiger partial charge in [-0.15, -0.1) is 0 Å². The topological polar surface area (TPSA) is 55.8 Å². The van der Waals surface area contributed by atoms with Crippen molar-refractivity contribution >= 4 is 5.97 Å². The normalized spacial score (nSPS) is 31.6. The molecule has 0 aromatic carbocycles. The summed E-state index contributed by atoms with van der Waals surface area (Å²) < 4.78 is 4.67. The smallest absolute Gasteiger partial charge is 0.319 e. The van der Waals surface area contributed by atoms with Crippen molar-refractivity contribution < 1.29 is 19.7 Å². The Morgan fingerprint density at radius 2 is 2.43 bits per heavy atom. The lowest BCUT2D eigenvalue weighted by atomic mass is 9.75. The van der Waals surface area contributed by atoms with E-state index in [1.807, 2.05) is 0 Å². The van der Waals surface area contributed by atoms with Crippen molar-refractivity contribution in [3.05, 3.63) is 24.3 Å². The minimum Gasteiger partial charge on any atom is -0.468 e. The zero-order valence-electron chi connectivity index (χ0n) is 8.32. The second kappa shape index (κ2) is 3.94. The van der Waals surface area contributed by atoms with E-state index in [1.54, 1.807) is 19.1 Å². The van der Waals surface area contributed by atoms with Crippen LogP contribution in [0.3, 0.4) is 0 Å². The van der Waals surface area contributed by atoms with E-state index in [0.29, 0.717) is 12.0 Å². The van der Waals surface area contributed by atoms with Crippen molar-refractivity contribution in [2.45, 2.75) is 19.4 Å². The van der Waals surface area contributed by atoms with E-state index >= 15 is 0 Å². The molecular formula is C10H14O4. The first-order valence-electron chi connectivity index (χ1n) is 4.32. The van der Waals surface area contributed by atoms with Gasteiger partial charge in [0.2, 0.25) is 0 Å². The number of carbonyl (C=O) groups excluding carboxylic acids is 1. The number of carbonyl (C=O) groups is 1. The van der Waals surface area contributed by atoms with E-state index < -0.39 is 17.5 Å². The van der Waals surface area contributed by atoms with Gasteiger partial charge in [0.1, 0.15) is 11.5 Å². The number of esters is 1. The Bertz CT molecular complexity index is 282. The average molecular weight is 198 g/mol. The summed E-state index contributed by atoms with van der Waals surface area (Å²) in [6.07, 6.45) is 3.47. The van der Waals surface area contributed by atoms with E-state index in [0.717, 1.165) is 0 Å². The summed E-state index contributed by atoms with van der Waals surface area (Å²) in [6.45, 7) is 5.43. The highest BCUT2D eigenvalue weighted by molar-refractivity contribution is 5.83. The third kappa shape index (κ3) is 1.58. The largest absolute Gasteiger partial charge is 0.468 e. The van der Waals surface area contributed by atoms with Crippen LogP contribution < -0.4 is 0 Å². The predicted molar refractivity (Wildman–Crippen MR) is 50.5 cm³/mol. The average Bonchev–Trinajstić information content (AvgIpc) is 2.21.